The SMILES string of the molecule is CCCCCCCCOC(=O)c1ccc(C(=O)O)cc1CCCCCCCC. The molecule has 4 nitrogen and oxygen atoms in total. The van der Waals surface area contributed by atoms with Crippen LogP contribution in [0.15, 0.2) is 18.2 Å². The van der Waals surface area contributed by atoms with E-state index in [1.165, 1.54) is 57.4 Å². The van der Waals surface area contributed by atoms with Crippen molar-refractivity contribution in [2.24, 2.45) is 0 Å². The van der Waals surface area contributed by atoms with Crippen molar-refractivity contribution in [1.82, 2.24) is 0 Å². The second-order valence-corrected chi connectivity index (χ2v) is 7.60. The van der Waals surface area contributed by atoms with E-state index < -0.39 is 5.97 Å². The summed E-state index contributed by atoms with van der Waals surface area (Å²) in [6.07, 6.45) is 14.5. The second-order valence-electron chi connectivity index (χ2n) is 7.60. The molecule has 0 aromatic heterocycles. The van der Waals surface area contributed by atoms with E-state index in [9.17, 15) is 14.7 Å². The van der Waals surface area contributed by atoms with Crippen molar-refractivity contribution >= 4 is 11.9 Å². The maximum absolute atomic E-state index is 12.5. The van der Waals surface area contributed by atoms with Crippen LogP contribution in [0.1, 0.15) is 117 Å². The Hall–Kier alpha value is -1.84. The van der Waals surface area contributed by atoms with Crippen molar-refractivity contribution in [3.63, 3.8) is 0 Å². The van der Waals surface area contributed by atoms with Gasteiger partial charge in [-0.25, -0.2) is 9.59 Å². The molecule has 1 aromatic rings. The van der Waals surface area contributed by atoms with Crippen LogP contribution >= 0.6 is 0 Å². The number of rotatable bonds is 16. The van der Waals surface area contributed by atoms with Gasteiger partial charge >= 0.3 is 11.9 Å². The van der Waals surface area contributed by atoms with Gasteiger partial charge in [0.05, 0.1) is 17.7 Å². The third-order valence-electron chi connectivity index (χ3n) is 5.10. The molecule has 0 spiro atoms. The molecule has 0 amide bonds. The van der Waals surface area contributed by atoms with Gasteiger partial charge in [0.15, 0.2) is 0 Å². The standard InChI is InChI=1S/C24H38O4/c1-3-5-7-9-11-13-15-20-19-21(23(25)26)16-17-22(20)24(27)28-18-14-12-10-8-6-4-2/h16-17,19H,3-15,18H2,1-2H3,(H,25,26). The van der Waals surface area contributed by atoms with E-state index in [2.05, 4.69) is 13.8 Å². The summed E-state index contributed by atoms with van der Waals surface area (Å²) in [5.41, 5.74) is 1.54. The smallest absolute Gasteiger partial charge is 0.338 e. The largest absolute Gasteiger partial charge is 0.478 e. The van der Waals surface area contributed by atoms with Crippen molar-refractivity contribution in [2.75, 3.05) is 6.61 Å². The Balaban J connectivity index is 2.54. The number of aromatic carboxylic acids is 1. The minimum Gasteiger partial charge on any atom is -0.478 e. The maximum atomic E-state index is 12.5. The maximum Gasteiger partial charge on any atom is 0.338 e. The zero-order valence-electron chi connectivity index (χ0n) is 17.8. The van der Waals surface area contributed by atoms with Crippen molar-refractivity contribution < 1.29 is 19.4 Å². The number of unbranched alkanes of at least 4 members (excludes halogenated alkanes) is 10. The highest BCUT2D eigenvalue weighted by molar-refractivity contribution is 5.94. The first kappa shape index (κ1) is 24.2. The lowest BCUT2D eigenvalue weighted by Gasteiger charge is -2.11. The van der Waals surface area contributed by atoms with Gasteiger partial charge in [-0.15, -0.1) is 0 Å². The average molecular weight is 391 g/mol. The molecule has 0 fully saturated rings. The van der Waals surface area contributed by atoms with Gasteiger partial charge in [0, 0.05) is 0 Å². The quantitative estimate of drug-likeness (QED) is 0.249. The summed E-state index contributed by atoms with van der Waals surface area (Å²) in [5.74, 6) is -1.29. The van der Waals surface area contributed by atoms with Crippen LogP contribution in [0.5, 0.6) is 0 Å². The minimum atomic E-state index is -0.962. The van der Waals surface area contributed by atoms with E-state index in [0.717, 1.165) is 31.2 Å². The van der Waals surface area contributed by atoms with Gasteiger partial charge in [-0.1, -0.05) is 78.1 Å². The van der Waals surface area contributed by atoms with Gasteiger partial charge < -0.3 is 9.84 Å². The number of benzene rings is 1. The van der Waals surface area contributed by atoms with Crippen LogP contribution in [0.2, 0.25) is 0 Å². The Morgan fingerprint density at radius 3 is 2.00 bits per heavy atom. The third kappa shape index (κ3) is 9.91. The molecule has 158 valence electrons. The fourth-order valence-electron chi connectivity index (χ4n) is 3.35. The Bertz CT molecular complexity index is 580. The molecule has 0 radical (unpaired) electrons. The summed E-state index contributed by atoms with van der Waals surface area (Å²) in [6, 6.07) is 4.74. The van der Waals surface area contributed by atoms with Crippen LogP contribution < -0.4 is 0 Å². The summed E-state index contributed by atoms with van der Waals surface area (Å²) in [4.78, 5) is 23.8. The lowest BCUT2D eigenvalue weighted by molar-refractivity contribution is 0.0495. The Morgan fingerprint density at radius 1 is 0.821 bits per heavy atom. The molecule has 0 saturated carbocycles. The highest BCUT2D eigenvalue weighted by Gasteiger charge is 2.15. The number of ether oxygens (including phenoxy) is 1. The fraction of sp³-hybridized carbons (Fsp3) is 0.667. The zero-order chi connectivity index (χ0) is 20.6. The summed E-state index contributed by atoms with van der Waals surface area (Å²) in [7, 11) is 0. The van der Waals surface area contributed by atoms with E-state index in [0.29, 0.717) is 18.6 Å². The number of carboxylic acid groups (broad SMARTS) is 1. The molecule has 1 aromatic carbocycles. The normalized spacial score (nSPS) is 10.8. The molecule has 28 heavy (non-hydrogen) atoms. The number of carbonyl (C=O) groups is 2. The molecule has 0 unspecified atom stereocenters. The molecule has 0 heterocycles. The van der Waals surface area contributed by atoms with Crippen molar-refractivity contribution in [3.8, 4) is 0 Å². The predicted octanol–water partition coefficient (Wildman–Crippen LogP) is 6.81. The molecule has 0 bridgehead atoms. The predicted molar refractivity (Wildman–Crippen MR) is 114 cm³/mol. The minimum absolute atomic E-state index is 0.230. The molecule has 0 aliphatic carbocycles. The number of aryl methyl sites for hydroxylation is 1. The van der Waals surface area contributed by atoms with Crippen molar-refractivity contribution in [1.29, 1.82) is 0 Å². The zero-order valence-corrected chi connectivity index (χ0v) is 17.8. The Morgan fingerprint density at radius 2 is 1.39 bits per heavy atom. The second kappa shape index (κ2) is 15.1. The molecule has 4 heteroatoms. The lowest BCUT2D eigenvalue weighted by atomic mass is 9.98. The number of hydrogen-bond acceptors (Lipinski definition) is 3. The number of carbonyl (C=O) groups excluding carboxylic acids is 1. The van der Waals surface area contributed by atoms with E-state index in [1.807, 2.05) is 0 Å². The number of esters is 1. The topological polar surface area (TPSA) is 63.6 Å². The summed E-state index contributed by atoms with van der Waals surface area (Å²) >= 11 is 0. The van der Waals surface area contributed by atoms with E-state index >= 15 is 0 Å². The molecule has 0 aliphatic rings. The van der Waals surface area contributed by atoms with Crippen molar-refractivity contribution in [3.05, 3.63) is 34.9 Å². The molecular formula is C24H38O4. The average Bonchev–Trinajstić information content (AvgIpc) is 2.69. The monoisotopic (exact) mass is 390 g/mol. The summed E-state index contributed by atoms with van der Waals surface area (Å²) in [5, 5.41) is 9.25. The molecule has 0 saturated heterocycles. The van der Waals surface area contributed by atoms with Crippen LogP contribution in [0.25, 0.3) is 0 Å². The Kier molecular flexibility index (Phi) is 13.1. The summed E-state index contributed by atoms with van der Waals surface area (Å²) < 4.78 is 5.45. The molecule has 1 rings (SSSR count). The molecule has 0 atom stereocenters. The van der Waals surface area contributed by atoms with Crippen molar-refractivity contribution in [2.45, 2.75) is 97.3 Å². The number of hydrogen-bond donors (Lipinski definition) is 1. The van der Waals surface area contributed by atoms with Gasteiger partial charge in [0.2, 0.25) is 0 Å². The molecular weight excluding hydrogens is 352 g/mol. The van der Waals surface area contributed by atoms with Gasteiger partial charge in [-0.3, -0.25) is 0 Å². The highest BCUT2D eigenvalue weighted by atomic mass is 16.5. The fourth-order valence-corrected chi connectivity index (χ4v) is 3.35. The first-order valence-electron chi connectivity index (χ1n) is 11.1. The van der Waals surface area contributed by atoms with Gasteiger partial charge in [0.25, 0.3) is 0 Å². The third-order valence-corrected chi connectivity index (χ3v) is 5.10. The summed E-state index contributed by atoms with van der Waals surface area (Å²) in [6.45, 7) is 4.82. The van der Waals surface area contributed by atoms with Crippen LogP contribution in [0.4, 0.5) is 0 Å². The van der Waals surface area contributed by atoms with Gasteiger partial charge in [-0.2, -0.15) is 0 Å². The lowest BCUT2D eigenvalue weighted by Crippen LogP contribution is -2.11. The number of carboxylic acids is 1. The van der Waals surface area contributed by atoms with E-state index in [-0.39, 0.29) is 11.5 Å². The van der Waals surface area contributed by atoms with Crippen LogP contribution in [-0.2, 0) is 11.2 Å². The van der Waals surface area contributed by atoms with E-state index in [1.54, 1.807) is 12.1 Å². The highest BCUT2D eigenvalue weighted by Crippen LogP contribution is 2.18. The Labute approximate surface area is 170 Å². The first-order chi connectivity index (χ1) is 13.6. The van der Waals surface area contributed by atoms with Gasteiger partial charge in [-0.05, 0) is 43.0 Å². The van der Waals surface area contributed by atoms with Gasteiger partial charge in [0.1, 0.15) is 0 Å². The van der Waals surface area contributed by atoms with E-state index in [4.69, 9.17) is 4.74 Å². The molecule has 0 aliphatic heterocycles. The van der Waals surface area contributed by atoms with Crippen LogP contribution in [0.3, 0.4) is 0 Å². The van der Waals surface area contributed by atoms with Crippen LogP contribution in [0, 0.1) is 0 Å². The molecule has 1 N–H and O–H groups in total. The van der Waals surface area contributed by atoms with Crippen LogP contribution in [-0.4, -0.2) is 23.7 Å². The first-order valence-corrected chi connectivity index (χ1v) is 11.1.